The third kappa shape index (κ3) is 6.37. The second-order valence-electron chi connectivity index (χ2n) is 7.91. The first kappa shape index (κ1) is 22.5. The Kier molecular flexibility index (Phi) is 7.38. The summed E-state index contributed by atoms with van der Waals surface area (Å²) in [5.41, 5.74) is 1.71. The van der Waals surface area contributed by atoms with E-state index < -0.39 is 6.03 Å². The van der Waals surface area contributed by atoms with Gasteiger partial charge in [-0.25, -0.2) is 19.2 Å². The van der Waals surface area contributed by atoms with E-state index in [1.54, 1.807) is 17.0 Å². The number of hydrogen-bond acceptors (Lipinski definition) is 5. The standard InChI is InChI=1S/C22H29FN6O2/c1-15(2)21-26-16(3)12-19(27-21)28-8-10-29(11-9-28)20(30)14-25-22(31)24-13-17-4-6-18(23)7-5-17/h4-7,12,15H,8-11,13-14H2,1-3H3,(H2,24,25,31). The average molecular weight is 429 g/mol. The van der Waals surface area contributed by atoms with Gasteiger partial charge in [0, 0.05) is 50.4 Å². The number of aromatic nitrogens is 2. The molecule has 166 valence electrons. The molecule has 1 aliphatic heterocycles. The van der Waals surface area contributed by atoms with Crippen molar-refractivity contribution in [3.8, 4) is 0 Å². The largest absolute Gasteiger partial charge is 0.353 e. The number of rotatable bonds is 6. The van der Waals surface area contributed by atoms with E-state index in [0.29, 0.717) is 26.2 Å². The van der Waals surface area contributed by atoms with Crippen molar-refractivity contribution in [3.05, 3.63) is 53.2 Å². The number of benzene rings is 1. The summed E-state index contributed by atoms with van der Waals surface area (Å²) < 4.78 is 12.9. The number of amides is 3. The van der Waals surface area contributed by atoms with Crippen molar-refractivity contribution in [2.75, 3.05) is 37.6 Å². The molecule has 8 nitrogen and oxygen atoms in total. The maximum absolute atomic E-state index is 12.9. The van der Waals surface area contributed by atoms with E-state index in [2.05, 4.69) is 39.3 Å². The van der Waals surface area contributed by atoms with Gasteiger partial charge in [0.1, 0.15) is 17.5 Å². The number of carbonyl (C=O) groups is 2. The number of nitrogens with one attached hydrogen (secondary N) is 2. The first-order valence-corrected chi connectivity index (χ1v) is 10.5. The van der Waals surface area contributed by atoms with E-state index in [9.17, 15) is 14.0 Å². The minimum atomic E-state index is -0.436. The highest BCUT2D eigenvalue weighted by atomic mass is 19.1. The molecule has 0 spiro atoms. The summed E-state index contributed by atoms with van der Waals surface area (Å²) in [4.78, 5) is 37.4. The number of piperazine rings is 1. The van der Waals surface area contributed by atoms with Gasteiger partial charge >= 0.3 is 6.03 Å². The topological polar surface area (TPSA) is 90.5 Å². The number of anilines is 1. The second-order valence-corrected chi connectivity index (χ2v) is 7.91. The predicted octanol–water partition coefficient (Wildman–Crippen LogP) is 2.20. The fraction of sp³-hybridized carbons (Fsp3) is 0.455. The molecule has 1 saturated heterocycles. The Morgan fingerprint density at radius 2 is 1.74 bits per heavy atom. The molecule has 0 unspecified atom stereocenters. The molecule has 1 aromatic heterocycles. The zero-order chi connectivity index (χ0) is 22.4. The van der Waals surface area contributed by atoms with Gasteiger partial charge in [-0.3, -0.25) is 4.79 Å². The Morgan fingerprint density at radius 3 is 2.39 bits per heavy atom. The minimum absolute atomic E-state index is 0.0701. The summed E-state index contributed by atoms with van der Waals surface area (Å²) >= 11 is 0. The molecule has 3 amide bonds. The van der Waals surface area contributed by atoms with Crippen molar-refractivity contribution in [2.45, 2.75) is 33.2 Å². The Labute approximate surface area is 181 Å². The van der Waals surface area contributed by atoms with Gasteiger partial charge in [-0.2, -0.15) is 0 Å². The monoisotopic (exact) mass is 428 g/mol. The third-order valence-corrected chi connectivity index (χ3v) is 5.10. The summed E-state index contributed by atoms with van der Waals surface area (Å²) in [5, 5.41) is 5.24. The van der Waals surface area contributed by atoms with E-state index in [1.807, 2.05) is 13.0 Å². The zero-order valence-electron chi connectivity index (χ0n) is 18.2. The van der Waals surface area contributed by atoms with Crippen molar-refractivity contribution < 1.29 is 14.0 Å². The van der Waals surface area contributed by atoms with Crippen LogP contribution in [-0.4, -0.2) is 59.5 Å². The Morgan fingerprint density at radius 1 is 1.06 bits per heavy atom. The molecule has 0 bridgehead atoms. The van der Waals surface area contributed by atoms with Gasteiger partial charge in [-0.15, -0.1) is 0 Å². The van der Waals surface area contributed by atoms with E-state index >= 15 is 0 Å². The molecule has 31 heavy (non-hydrogen) atoms. The number of aryl methyl sites for hydroxylation is 1. The highest BCUT2D eigenvalue weighted by molar-refractivity contribution is 5.84. The fourth-order valence-corrected chi connectivity index (χ4v) is 3.29. The van der Waals surface area contributed by atoms with Crippen molar-refractivity contribution >= 4 is 17.8 Å². The van der Waals surface area contributed by atoms with Gasteiger partial charge in [-0.05, 0) is 24.6 Å². The van der Waals surface area contributed by atoms with Gasteiger partial charge in [-0.1, -0.05) is 26.0 Å². The molecule has 3 rings (SSSR count). The van der Waals surface area contributed by atoms with Crippen LogP contribution in [0.3, 0.4) is 0 Å². The highest BCUT2D eigenvalue weighted by Gasteiger charge is 2.23. The smallest absolute Gasteiger partial charge is 0.315 e. The van der Waals surface area contributed by atoms with Crippen LogP contribution in [0.15, 0.2) is 30.3 Å². The molecule has 2 heterocycles. The minimum Gasteiger partial charge on any atom is -0.353 e. The maximum atomic E-state index is 12.9. The lowest BCUT2D eigenvalue weighted by atomic mass is 10.2. The molecule has 1 fully saturated rings. The van der Waals surface area contributed by atoms with E-state index in [4.69, 9.17) is 0 Å². The first-order valence-electron chi connectivity index (χ1n) is 10.5. The predicted molar refractivity (Wildman–Crippen MR) is 116 cm³/mol. The first-order chi connectivity index (χ1) is 14.8. The van der Waals surface area contributed by atoms with Crippen LogP contribution in [-0.2, 0) is 11.3 Å². The molecule has 0 radical (unpaired) electrons. The van der Waals surface area contributed by atoms with Crippen LogP contribution in [0.25, 0.3) is 0 Å². The molecular formula is C22H29FN6O2. The van der Waals surface area contributed by atoms with E-state index in [0.717, 1.165) is 22.9 Å². The van der Waals surface area contributed by atoms with Crippen LogP contribution >= 0.6 is 0 Å². The number of carbonyl (C=O) groups excluding carboxylic acids is 2. The lowest BCUT2D eigenvalue weighted by molar-refractivity contribution is -0.130. The van der Waals surface area contributed by atoms with Crippen LogP contribution < -0.4 is 15.5 Å². The van der Waals surface area contributed by atoms with Crippen LogP contribution in [0.1, 0.15) is 36.8 Å². The molecule has 0 aliphatic carbocycles. The number of nitrogens with zero attached hydrogens (tertiary/aromatic N) is 4. The summed E-state index contributed by atoms with van der Waals surface area (Å²) in [6.07, 6.45) is 0. The van der Waals surface area contributed by atoms with Crippen LogP contribution in [0.4, 0.5) is 15.0 Å². The number of halogens is 1. The molecule has 1 aliphatic rings. The van der Waals surface area contributed by atoms with Crippen LogP contribution in [0.2, 0.25) is 0 Å². The second kappa shape index (κ2) is 10.2. The Balaban J connectivity index is 1.43. The van der Waals surface area contributed by atoms with Gasteiger partial charge < -0.3 is 20.4 Å². The number of hydrogen-bond donors (Lipinski definition) is 2. The Hall–Kier alpha value is -3.23. The normalized spacial score (nSPS) is 14.0. The molecule has 2 aromatic rings. The quantitative estimate of drug-likeness (QED) is 0.736. The van der Waals surface area contributed by atoms with Crippen molar-refractivity contribution in [1.29, 1.82) is 0 Å². The van der Waals surface area contributed by atoms with Gasteiger partial charge in [0.2, 0.25) is 5.91 Å². The molecular weight excluding hydrogens is 399 g/mol. The lowest BCUT2D eigenvalue weighted by Crippen LogP contribution is -2.52. The zero-order valence-corrected chi connectivity index (χ0v) is 18.2. The van der Waals surface area contributed by atoms with Gasteiger partial charge in [0.15, 0.2) is 0 Å². The van der Waals surface area contributed by atoms with Crippen molar-refractivity contribution in [1.82, 2.24) is 25.5 Å². The summed E-state index contributed by atoms with van der Waals surface area (Å²) in [7, 11) is 0. The van der Waals surface area contributed by atoms with Crippen LogP contribution in [0.5, 0.6) is 0 Å². The molecule has 9 heteroatoms. The SMILES string of the molecule is Cc1cc(N2CCN(C(=O)CNC(=O)NCc3ccc(F)cc3)CC2)nc(C(C)C)n1. The fourth-order valence-electron chi connectivity index (χ4n) is 3.29. The maximum Gasteiger partial charge on any atom is 0.315 e. The molecule has 0 atom stereocenters. The Bertz CT molecular complexity index is 911. The average Bonchev–Trinajstić information content (AvgIpc) is 2.76. The van der Waals surface area contributed by atoms with Gasteiger partial charge in [0.05, 0.1) is 6.54 Å². The summed E-state index contributed by atoms with van der Waals surface area (Å²) in [5.74, 6) is 1.51. The van der Waals surface area contributed by atoms with Gasteiger partial charge in [0.25, 0.3) is 0 Å². The van der Waals surface area contributed by atoms with Crippen molar-refractivity contribution in [3.63, 3.8) is 0 Å². The van der Waals surface area contributed by atoms with Crippen molar-refractivity contribution in [2.24, 2.45) is 0 Å². The van der Waals surface area contributed by atoms with E-state index in [-0.39, 0.29) is 30.7 Å². The van der Waals surface area contributed by atoms with E-state index in [1.165, 1.54) is 12.1 Å². The van der Waals surface area contributed by atoms with Crippen LogP contribution in [0, 0.1) is 12.7 Å². The summed E-state index contributed by atoms with van der Waals surface area (Å²) in [6.45, 7) is 8.77. The molecule has 1 aromatic carbocycles. The summed E-state index contributed by atoms with van der Waals surface area (Å²) in [6, 6.07) is 7.41. The third-order valence-electron chi connectivity index (χ3n) is 5.10. The molecule has 0 saturated carbocycles. The molecule has 2 N–H and O–H groups in total. The number of urea groups is 1. The highest BCUT2D eigenvalue weighted by Crippen LogP contribution is 2.18. The lowest BCUT2D eigenvalue weighted by Gasteiger charge is -2.35.